The maximum Gasteiger partial charge on any atom is 0.248 e. The molecule has 1 aromatic heterocycles. The second-order valence-electron chi connectivity index (χ2n) is 6.71. The predicted molar refractivity (Wildman–Crippen MR) is 122 cm³/mol. The van der Waals surface area contributed by atoms with E-state index in [4.69, 9.17) is 20.8 Å². The highest BCUT2D eigenvalue weighted by atomic mass is 35.5. The second-order valence-corrected chi connectivity index (χ2v) is 7.15. The molecule has 4 aromatic rings. The molecule has 3 aromatic carbocycles. The number of hydrogen-bond acceptors (Lipinski definition) is 4. The van der Waals surface area contributed by atoms with E-state index >= 15 is 0 Å². The molecule has 0 spiro atoms. The van der Waals surface area contributed by atoms with E-state index in [9.17, 15) is 9.59 Å². The number of fused-ring (bicyclic) bond motifs is 1. The van der Waals surface area contributed by atoms with Gasteiger partial charge in [0.1, 0.15) is 0 Å². The van der Waals surface area contributed by atoms with Crippen molar-refractivity contribution in [3.05, 3.63) is 101 Å². The van der Waals surface area contributed by atoms with Crippen molar-refractivity contribution < 1.29 is 18.7 Å². The van der Waals surface area contributed by atoms with Gasteiger partial charge in [0.05, 0.1) is 12.8 Å². The lowest BCUT2D eigenvalue weighted by Crippen LogP contribution is -2.11. The lowest BCUT2D eigenvalue weighted by molar-refractivity contribution is -0.111. The number of rotatable bonds is 6. The third-order valence-electron chi connectivity index (χ3n) is 4.69. The fourth-order valence-corrected chi connectivity index (χ4v) is 3.30. The molecule has 154 valence electrons. The summed E-state index contributed by atoms with van der Waals surface area (Å²) in [4.78, 5) is 25.8. The largest absolute Gasteiger partial charge is 0.493 e. The van der Waals surface area contributed by atoms with Crippen LogP contribution in [0, 0.1) is 0 Å². The number of hydrogen-bond donors (Lipinski definition) is 1. The number of ether oxygens (including phenoxy) is 1. The topological polar surface area (TPSA) is 68.5 Å². The van der Waals surface area contributed by atoms with Crippen LogP contribution in [-0.2, 0) is 4.79 Å². The zero-order valence-corrected chi connectivity index (χ0v) is 17.3. The van der Waals surface area contributed by atoms with Gasteiger partial charge in [0.2, 0.25) is 11.7 Å². The third-order valence-corrected chi connectivity index (χ3v) is 4.94. The highest BCUT2D eigenvalue weighted by Crippen LogP contribution is 2.37. The molecular weight excluding hydrogens is 414 g/mol. The van der Waals surface area contributed by atoms with Gasteiger partial charge in [-0.05, 0) is 48.0 Å². The van der Waals surface area contributed by atoms with Gasteiger partial charge in [0.25, 0.3) is 0 Å². The number of para-hydroxylation sites is 1. The standard InChI is InChI=1S/C25H18ClNO4/c1-30-20-9-5-8-19-22(27-21(28)15-10-16-6-3-2-4-7-16)25(31-24(19)20)23(29)17-11-13-18(26)14-12-17/h2-15H,1H3,(H,27,28). The van der Waals surface area contributed by atoms with Crippen LogP contribution in [0.1, 0.15) is 21.7 Å². The van der Waals surface area contributed by atoms with Crippen molar-refractivity contribution in [1.82, 2.24) is 0 Å². The fourth-order valence-electron chi connectivity index (χ4n) is 3.17. The van der Waals surface area contributed by atoms with Gasteiger partial charge >= 0.3 is 0 Å². The molecule has 31 heavy (non-hydrogen) atoms. The minimum absolute atomic E-state index is 0.0169. The van der Waals surface area contributed by atoms with Gasteiger partial charge in [0, 0.05) is 22.0 Å². The quantitative estimate of drug-likeness (QED) is 0.301. The predicted octanol–water partition coefficient (Wildman–Crippen LogP) is 5.98. The lowest BCUT2D eigenvalue weighted by atomic mass is 10.1. The molecule has 5 nitrogen and oxygen atoms in total. The smallest absolute Gasteiger partial charge is 0.248 e. The summed E-state index contributed by atoms with van der Waals surface area (Å²) < 4.78 is 11.2. The third kappa shape index (κ3) is 4.37. The van der Waals surface area contributed by atoms with E-state index in [2.05, 4.69) is 5.32 Å². The number of nitrogens with one attached hydrogen (secondary N) is 1. The Labute approximate surface area is 183 Å². The first-order valence-electron chi connectivity index (χ1n) is 9.50. The zero-order chi connectivity index (χ0) is 21.8. The van der Waals surface area contributed by atoms with Gasteiger partial charge in [0.15, 0.2) is 17.1 Å². The number of ketones is 1. The number of carbonyl (C=O) groups is 2. The van der Waals surface area contributed by atoms with Crippen LogP contribution < -0.4 is 10.1 Å². The first-order valence-corrected chi connectivity index (χ1v) is 9.88. The van der Waals surface area contributed by atoms with E-state index in [0.29, 0.717) is 27.3 Å². The Morgan fingerprint density at radius 2 is 1.71 bits per heavy atom. The van der Waals surface area contributed by atoms with Crippen LogP contribution >= 0.6 is 11.6 Å². The normalized spacial score (nSPS) is 11.0. The van der Waals surface area contributed by atoms with Crippen LogP contribution in [0.2, 0.25) is 5.02 Å². The van der Waals surface area contributed by atoms with Gasteiger partial charge in [-0.15, -0.1) is 0 Å². The summed E-state index contributed by atoms with van der Waals surface area (Å²) in [6.45, 7) is 0. The van der Waals surface area contributed by atoms with Crippen LogP contribution in [-0.4, -0.2) is 18.8 Å². The monoisotopic (exact) mass is 431 g/mol. The Hall–Kier alpha value is -3.83. The van der Waals surface area contributed by atoms with Crippen molar-refractivity contribution in [2.24, 2.45) is 0 Å². The van der Waals surface area contributed by atoms with E-state index in [1.807, 2.05) is 30.3 Å². The summed E-state index contributed by atoms with van der Waals surface area (Å²) in [5.74, 6) is -0.289. The maximum atomic E-state index is 13.2. The van der Waals surface area contributed by atoms with Crippen molar-refractivity contribution in [3.8, 4) is 5.75 Å². The van der Waals surface area contributed by atoms with E-state index in [1.165, 1.54) is 13.2 Å². The minimum Gasteiger partial charge on any atom is -0.493 e. The summed E-state index contributed by atoms with van der Waals surface area (Å²) in [5, 5.41) is 3.88. The van der Waals surface area contributed by atoms with Gasteiger partial charge in [-0.2, -0.15) is 0 Å². The summed E-state index contributed by atoms with van der Waals surface area (Å²) in [7, 11) is 1.51. The van der Waals surface area contributed by atoms with Gasteiger partial charge in [-0.25, -0.2) is 0 Å². The highest BCUT2D eigenvalue weighted by Gasteiger charge is 2.24. The van der Waals surface area contributed by atoms with Crippen molar-refractivity contribution in [2.45, 2.75) is 0 Å². The molecule has 1 amide bonds. The Morgan fingerprint density at radius 1 is 0.968 bits per heavy atom. The fraction of sp³-hybridized carbons (Fsp3) is 0.0400. The van der Waals surface area contributed by atoms with Crippen LogP contribution in [0.25, 0.3) is 17.0 Å². The number of anilines is 1. The molecule has 0 saturated carbocycles. The van der Waals surface area contributed by atoms with Crippen molar-refractivity contribution in [2.75, 3.05) is 12.4 Å². The molecule has 0 saturated heterocycles. The molecular formula is C25H18ClNO4. The molecule has 0 aliphatic rings. The van der Waals surface area contributed by atoms with E-state index < -0.39 is 0 Å². The Bertz CT molecular complexity index is 1270. The summed E-state index contributed by atoms with van der Waals surface area (Å²) in [6, 6.07) is 21.2. The van der Waals surface area contributed by atoms with Gasteiger partial charge in [-0.3, -0.25) is 9.59 Å². The molecule has 0 radical (unpaired) electrons. The van der Waals surface area contributed by atoms with E-state index in [0.717, 1.165) is 5.56 Å². The Balaban J connectivity index is 1.74. The number of methoxy groups -OCH3 is 1. The maximum absolute atomic E-state index is 13.2. The lowest BCUT2D eigenvalue weighted by Gasteiger charge is -2.04. The van der Waals surface area contributed by atoms with Crippen molar-refractivity contribution in [3.63, 3.8) is 0 Å². The Kier molecular flexibility index (Phi) is 5.87. The molecule has 1 N–H and O–H groups in total. The van der Waals surface area contributed by atoms with Crippen LogP contribution in [0.4, 0.5) is 5.69 Å². The number of amides is 1. The molecule has 0 aliphatic heterocycles. The highest BCUT2D eigenvalue weighted by molar-refractivity contribution is 6.30. The summed E-state index contributed by atoms with van der Waals surface area (Å²) in [6.07, 6.45) is 3.10. The van der Waals surface area contributed by atoms with Crippen LogP contribution in [0.5, 0.6) is 5.75 Å². The molecule has 6 heteroatoms. The summed E-state index contributed by atoms with van der Waals surface area (Å²) >= 11 is 5.94. The SMILES string of the molecule is COc1cccc2c(NC(=O)C=Cc3ccccc3)c(C(=O)c3ccc(Cl)cc3)oc12. The number of carbonyl (C=O) groups excluding carboxylic acids is 2. The van der Waals surface area contributed by atoms with Gasteiger partial charge < -0.3 is 14.5 Å². The molecule has 0 atom stereocenters. The molecule has 0 fully saturated rings. The number of benzene rings is 3. The molecule has 4 rings (SSSR count). The summed E-state index contributed by atoms with van der Waals surface area (Å²) in [5.41, 5.74) is 1.94. The minimum atomic E-state index is -0.389. The van der Waals surface area contributed by atoms with E-state index in [-0.39, 0.29) is 23.1 Å². The molecule has 0 bridgehead atoms. The zero-order valence-electron chi connectivity index (χ0n) is 16.6. The van der Waals surface area contributed by atoms with Crippen molar-refractivity contribution >= 4 is 46.0 Å². The number of furan rings is 1. The first-order chi connectivity index (χ1) is 15.1. The molecule has 0 aliphatic carbocycles. The second kappa shape index (κ2) is 8.90. The van der Waals surface area contributed by atoms with E-state index in [1.54, 1.807) is 48.5 Å². The first kappa shape index (κ1) is 20.4. The molecule has 1 heterocycles. The van der Waals surface area contributed by atoms with Crippen LogP contribution in [0.15, 0.2) is 83.3 Å². The molecule has 0 unspecified atom stereocenters. The van der Waals surface area contributed by atoms with Gasteiger partial charge in [-0.1, -0.05) is 48.0 Å². The van der Waals surface area contributed by atoms with Crippen molar-refractivity contribution in [1.29, 1.82) is 0 Å². The average molecular weight is 432 g/mol. The Morgan fingerprint density at radius 3 is 2.42 bits per heavy atom. The number of halogens is 1. The average Bonchev–Trinajstić information content (AvgIpc) is 3.17. The van der Waals surface area contributed by atoms with Crippen LogP contribution in [0.3, 0.4) is 0 Å².